The number of fused-ring (bicyclic) bond motifs is 1. The first-order chi connectivity index (χ1) is 14.3. The summed E-state index contributed by atoms with van der Waals surface area (Å²) in [5.74, 6) is -0.496. The number of aromatic nitrogens is 3. The molecule has 0 saturated carbocycles. The largest absolute Gasteiger partial charge is 0.397 e. The lowest BCUT2D eigenvalue weighted by Crippen LogP contribution is -2.16. The Kier molecular flexibility index (Phi) is 4.70. The van der Waals surface area contributed by atoms with Gasteiger partial charge < -0.3 is 17.2 Å². The molecular weight excluding hydrogens is 400 g/mol. The number of anilines is 3. The Morgan fingerprint density at radius 3 is 2.53 bits per heavy atom. The van der Waals surface area contributed by atoms with Crippen molar-refractivity contribution in [3.63, 3.8) is 0 Å². The van der Waals surface area contributed by atoms with Gasteiger partial charge >= 0.3 is 0 Å². The number of hydrogen-bond acceptors (Lipinski definition) is 9. The van der Waals surface area contributed by atoms with Crippen molar-refractivity contribution in [2.45, 2.75) is 20.8 Å². The van der Waals surface area contributed by atoms with Gasteiger partial charge in [0.2, 0.25) is 0 Å². The summed E-state index contributed by atoms with van der Waals surface area (Å²) >= 11 is 1.19. The molecule has 152 valence electrons. The summed E-state index contributed by atoms with van der Waals surface area (Å²) in [5, 5.41) is 13.1. The number of carbonyl (C=O) groups excluding carboxylic acids is 1. The fourth-order valence-corrected chi connectivity index (χ4v) is 4.34. The topological polar surface area (TPSA) is 151 Å². The fourth-order valence-electron chi connectivity index (χ4n) is 3.20. The van der Waals surface area contributed by atoms with E-state index in [1.54, 1.807) is 0 Å². The molecule has 0 aliphatic rings. The van der Waals surface area contributed by atoms with Crippen molar-refractivity contribution in [3.8, 4) is 0 Å². The van der Waals surface area contributed by atoms with E-state index in [4.69, 9.17) is 17.2 Å². The Hall–Kier alpha value is -3.79. The minimum atomic E-state index is -0.492. The average Bonchev–Trinajstić information content (AvgIpc) is 3.17. The monoisotopic (exact) mass is 420 g/mol. The number of azo groups is 1. The van der Waals surface area contributed by atoms with Crippen molar-refractivity contribution >= 4 is 56.2 Å². The number of pyridine rings is 1. The van der Waals surface area contributed by atoms with Crippen LogP contribution in [0.1, 0.15) is 26.5 Å². The standard InChI is InChI=1S/C20H20N8OS/c1-9-6-4-5-7-12(9)25-26-15-17(22)27-28(18(15)23)20(29)16-14(21)13-10(2)8-11(3)24-19(13)30-16/h4-8H,21,23H2,1-3H3,(H2,22,27). The maximum atomic E-state index is 13.1. The molecule has 1 aromatic carbocycles. The molecule has 0 bridgehead atoms. The number of benzene rings is 1. The van der Waals surface area contributed by atoms with Crippen LogP contribution in [0.2, 0.25) is 0 Å². The van der Waals surface area contributed by atoms with E-state index in [1.165, 1.54) is 11.3 Å². The first-order valence-corrected chi connectivity index (χ1v) is 9.91. The molecular formula is C20H20N8OS. The number of nitrogen functional groups attached to an aromatic ring is 3. The lowest BCUT2D eigenvalue weighted by Gasteiger charge is -2.02. The molecule has 4 rings (SSSR count). The van der Waals surface area contributed by atoms with Gasteiger partial charge in [-0.1, -0.05) is 18.2 Å². The quantitative estimate of drug-likeness (QED) is 0.421. The van der Waals surface area contributed by atoms with Gasteiger partial charge in [0, 0.05) is 11.1 Å². The van der Waals surface area contributed by atoms with Gasteiger partial charge in [-0.25, -0.2) is 4.98 Å². The van der Waals surface area contributed by atoms with Gasteiger partial charge in [0.05, 0.1) is 11.4 Å². The van der Waals surface area contributed by atoms with Gasteiger partial charge in [0.1, 0.15) is 9.71 Å². The van der Waals surface area contributed by atoms with Gasteiger partial charge in [0.25, 0.3) is 5.91 Å². The van der Waals surface area contributed by atoms with E-state index in [2.05, 4.69) is 20.3 Å². The van der Waals surface area contributed by atoms with Crippen molar-refractivity contribution in [1.29, 1.82) is 0 Å². The second kappa shape index (κ2) is 7.23. The number of carbonyl (C=O) groups is 1. The van der Waals surface area contributed by atoms with E-state index in [0.717, 1.165) is 26.9 Å². The smallest absolute Gasteiger partial charge is 0.292 e. The van der Waals surface area contributed by atoms with E-state index in [9.17, 15) is 4.79 Å². The lowest BCUT2D eigenvalue weighted by atomic mass is 10.1. The van der Waals surface area contributed by atoms with Crippen LogP contribution in [0.15, 0.2) is 40.6 Å². The second-order valence-corrected chi connectivity index (χ2v) is 7.93. The molecule has 0 unspecified atom stereocenters. The van der Waals surface area contributed by atoms with Gasteiger partial charge in [-0.05, 0) is 44.0 Å². The lowest BCUT2D eigenvalue weighted by molar-refractivity contribution is 0.0953. The Morgan fingerprint density at radius 2 is 1.80 bits per heavy atom. The van der Waals surface area contributed by atoms with Crippen molar-refractivity contribution in [3.05, 3.63) is 52.0 Å². The van der Waals surface area contributed by atoms with Gasteiger partial charge in [0.15, 0.2) is 17.3 Å². The number of nitrogens with zero attached hydrogens (tertiary/aromatic N) is 5. The summed E-state index contributed by atoms with van der Waals surface area (Å²) in [4.78, 5) is 18.6. The number of hydrogen-bond donors (Lipinski definition) is 3. The van der Waals surface area contributed by atoms with Crippen LogP contribution in [-0.4, -0.2) is 20.7 Å². The highest BCUT2D eigenvalue weighted by Crippen LogP contribution is 2.37. The zero-order valence-electron chi connectivity index (χ0n) is 16.7. The molecule has 9 nitrogen and oxygen atoms in total. The molecule has 0 saturated heterocycles. The Bertz CT molecular complexity index is 1330. The van der Waals surface area contributed by atoms with Crippen molar-refractivity contribution in [1.82, 2.24) is 14.8 Å². The molecule has 0 fully saturated rings. The highest BCUT2D eigenvalue weighted by Gasteiger charge is 2.25. The van der Waals surface area contributed by atoms with Gasteiger partial charge in [-0.15, -0.1) is 21.5 Å². The molecule has 10 heteroatoms. The SMILES string of the molecule is Cc1cc(C)c2c(N)c(C(=O)n3nc(N)c(N=Nc4ccccc4C)c3N)sc2n1. The maximum Gasteiger partial charge on any atom is 0.292 e. The number of thiophene rings is 1. The molecule has 0 radical (unpaired) electrons. The van der Waals surface area contributed by atoms with Crippen molar-refractivity contribution in [2.24, 2.45) is 10.2 Å². The molecule has 0 aliphatic heterocycles. The molecule has 3 heterocycles. The van der Waals surface area contributed by atoms with Gasteiger partial charge in [-0.3, -0.25) is 4.79 Å². The summed E-state index contributed by atoms with van der Waals surface area (Å²) in [6.07, 6.45) is 0. The molecule has 4 aromatic rings. The number of aryl methyl sites for hydroxylation is 3. The Labute approximate surface area is 176 Å². The third-order valence-electron chi connectivity index (χ3n) is 4.71. The number of rotatable bonds is 3. The summed E-state index contributed by atoms with van der Waals surface area (Å²) in [7, 11) is 0. The van der Waals surface area contributed by atoms with E-state index in [1.807, 2.05) is 51.1 Å². The van der Waals surface area contributed by atoms with Crippen molar-refractivity contribution in [2.75, 3.05) is 17.2 Å². The zero-order valence-corrected chi connectivity index (χ0v) is 17.5. The third-order valence-corrected chi connectivity index (χ3v) is 5.79. The highest BCUT2D eigenvalue weighted by atomic mass is 32.1. The second-order valence-electron chi connectivity index (χ2n) is 6.93. The van der Waals surface area contributed by atoms with Crippen LogP contribution in [-0.2, 0) is 0 Å². The normalized spacial score (nSPS) is 11.6. The summed E-state index contributed by atoms with van der Waals surface area (Å²) < 4.78 is 1.00. The van der Waals surface area contributed by atoms with Crippen LogP contribution in [0.4, 0.5) is 28.7 Å². The zero-order chi connectivity index (χ0) is 21.6. The first kappa shape index (κ1) is 19.5. The Morgan fingerprint density at radius 1 is 1.07 bits per heavy atom. The molecule has 30 heavy (non-hydrogen) atoms. The van der Waals surface area contributed by atoms with Gasteiger partial charge in [-0.2, -0.15) is 9.80 Å². The van der Waals surface area contributed by atoms with Crippen LogP contribution in [0.3, 0.4) is 0 Å². The van der Waals surface area contributed by atoms with Crippen molar-refractivity contribution < 1.29 is 4.79 Å². The van der Waals surface area contributed by atoms with Crippen LogP contribution in [0.25, 0.3) is 10.2 Å². The minimum absolute atomic E-state index is 0.00279. The predicted molar refractivity (Wildman–Crippen MR) is 120 cm³/mol. The van der Waals surface area contributed by atoms with E-state index >= 15 is 0 Å². The molecule has 6 N–H and O–H groups in total. The van der Waals surface area contributed by atoms with E-state index in [-0.39, 0.29) is 17.3 Å². The molecule has 0 atom stereocenters. The third kappa shape index (κ3) is 3.16. The van der Waals surface area contributed by atoms with E-state index in [0.29, 0.717) is 21.1 Å². The molecule has 0 amide bonds. The fraction of sp³-hybridized carbons (Fsp3) is 0.150. The maximum absolute atomic E-state index is 13.1. The molecule has 3 aromatic heterocycles. The molecule has 0 aliphatic carbocycles. The van der Waals surface area contributed by atoms with Crippen LogP contribution >= 0.6 is 11.3 Å². The van der Waals surface area contributed by atoms with Crippen LogP contribution < -0.4 is 17.2 Å². The van der Waals surface area contributed by atoms with Crippen LogP contribution in [0.5, 0.6) is 0 Å². The Balaban J connectivity index is 1.76. The summed E-state index contributed by atoms with van der Waals surface area (Å²) in [5.41, 5.74) is 22.3. The predicted octanol–water partition coefficient (Wildman–Crippen LogP) is 4.27. The minimum Gasteiger partial charge on any atom is -0.397 e. The summed E-state index contributed by atoms with van der Waals surface area (Å²) in [6.45, 7) is 5.73. The summed E-state index contributed by atoms with van der Waals surface area (Å²) in [6, 6.07) is 9.40. The average molecular weight is 421 g/mol. The first-order valence-electron chi connectivity index (χ1n) is 9.10. The highest BCUT2D eigenvalue weighted by molar-refractivity contribution is 7.21. The van der Waals surface area contributed by atoms with Crippen LogP contribution in [0, 0.1) is 20.8 Å². The number of nitrogens with two attached hydrogens (primary N) is 3. The van der Waals surface area contributed by atoms with E-state index < -0.39 is 5.91 Å². The molecule has 0 spiro atoms.